The SMILES string of the molecule is CC1(C(=O)Nc2cnc(-c3cc(-c4ccon4)n(Cc4cccc(F)c4F)n3)nc2N)CC1. The third kappa shape index (κ3) is 3.93. The molecule has 3 aromatic heterocycles. The van der Waals surface area contributed by atoms with Gasteiger partial charge < -0.3 is 15.6 Å². The lowest BCUT2D eigenvalue weighted by atomic mass is 10.1. The van der Waals surface area contributed by atoms with Crippen LogP contribution in [0.15, 0.2) is 47.3 Å². The monoisotopic (exact) mass is 451 g/mol. The highest BCUT2D eigenvalue weighted by molar-refractivity contribution is 5.98. The van der Waals surface area contributed by atoms with Gasteiger partial charge in [-0.2, -0.15) is 5.10 Å². The van der Waals surface area contributed by atoms with Gasteiger partial charge in [0.25, 0.3) is 0 Å². The normalized spacial score (nSPS) is 14.3. The smallest absolute Gasteiger partial charge is 0.230 e. The summed E-state index contributed by atoms with van der Waals surface area (Å²) in [6.45, 7) is 1.82. The number of nitrogen functional groups attached to an aromatic ring is 1. The van der Waals surface area contributed by atoms with Crippen LogP contribution in [0.1, 0.15) is 25.3 Å². The fourth-order valence-corrected chi connectivity index (χ4v) is 3.33. The maximum atomic E-state index is 14.3. The number of anilines is 2. The van der Waals surface area contributed by atoms with Crippen LogP contribution < -0.4 is 11.1 Å². The first-order valence-corrected chi connectivity index (χ1v) is 10.2. The van der Waals surface area contributed by atoms with Crippen molar-refractivity contribution in [2.24, 2.45) is 5.41 Å². The number of nitrogens with one attached hydrogen (secondary N) is 1. The molecule has 1 saturated carbocycles. The number of halogens is 2. The van der Waals surface area contributed by atoms with Crippen molar-refractivity contribution in [2.45, 2.75) is 26.3 Å². The van der Waals surface area contributed by atoms with Crippen molar-refractivity contribution >= 4 is 17.4 Å². The van der Waals surface area contributed by atoms with Crippen molar-refractivity contribution in [3.05, 3.63) is 60.0 Å². The van der Waals surface area contributed by atoms with Crippen molar-refractivity contribution in [3.63, 3.8) is 0 Å². The number of nitrogens with two attached hydrogens (primary N) is 1. The summed E-state index contributed by atoms with van der Waals surface area (Å²) < 4.78 is 34.3. The summed E-state index contributed by atoms with van der Waals surface area (Å²) in [6, 6.07) is 7.21. The highest BCUT2D eigenvalue weighted by Gasteiger charge is 2.45. The highest BCUT2D eigenvalue weighted by atomic mass is 19.2. The molecule has 9 nitrogen and oxygen atoms in total. The van der Waals surface area contributed by atoms with Crippen LogP contribution in [0.25, 0.3) is 22.9 Å². The number of benzene rings is 1. The lowest BCUT2D eigenvalue weighted by molar-refractivity contribution is -0.120. The van der Waals surface area contributed by atoms with E-state index in [4.69, 9.17) is 10.3 Å². The van der Waals surface area contributed by atoms with Crippen LogP contribution in [0.5, 0.6) is 0 Å². The molecule has 0 bridgehead atoms. The summed E-state index contributed by atoms with van der Waals surface area (Å²) in [6.07, 6.45) is 4.46. The summed E-state index contributed by atoms with van der Waals surface area (Å²) in [4.78, 5) is 20.8. The Morgan fingerprint density at radius 2 is 2.09 bits per heavy atom. The molecule has 0 unspecified atom stereocenters. The Balaban J connectivity index is 1.48. The maximum absolute atomic E-state index is 14.3. The van der Waals surface area contributed by atoms with Crippen LogP contribution in [0.3, 0.4) is 0 Å². The predicted octanol–water partition coefficient (Wildman–Crippen LogP) is 3.64. The summed E-state index contributed by atoms with van der Waals surface area (Å²) in [7, 11) is 0. The molecule has 1 aliphatic rings. The van der Waals surface area contributed by atoms with E-state index in [-0.39, 0.29) is 35.1 Å². The van der Waals surface area contributed by atoms with Gasteiger partial charge in [-0.1, -0.05) is 24.2 Å². The minimum atomic E-state index is -0.953. The van der Waals surface area contributed by atoms with Crippen molar-refractivity contribution in [1.29, 1.82) is 0 Å². The van der Waals surface area contributed by atoms with Crippen LogP contribution in [0.4, 0.5) is 20.3 Å². The average molecular weight is 451 g/mol. The highest BCUT2D eigenvalue weighted by Crippen LogP contribution is 2.46. The summed E-state index contributed by atoms with van der Waals surface area (Å²) >= 11 is 0. The van der Waals surface area contributed by atoms with Gasteiger partial charge in [-0.15, -0.1) is 0 Å². The van der Waals surface area contributed by atoms with Gasteiger partial charge in [0.1, 0.15) is 23.3 Å². The van der Waals surface area contributed by atoms with E-state index < -0.39 is 11.6 Å². The van der Waals surface area contributed by atoms with Gasteiger partial charge in [-0.3, -0.25) is 9.48 Å². The van der Waals surface area contributed by atoms with Gasteiger partial charge in [0.15, 0.2) is 23.3 Å². The molecule has 11 heteroatoms. The number of hydrogen-bond donors (Lipinski definition) is 2. The fourth-order valence-electron chi connectivity index (χ4n) is 3.33. The molecule has 0 aliphatic heterocycles. The van der Waals surface area contributed by atoms with Crippen molar-refractivity contribution < 1.29 is 18.1 Å². The second-order valence-corrected chi connectivity index (χ2v) is 8.18. The first-order chi connectivity index (χ1) is 15.8. The van der Waals surface area contributed by atoms with Crippen LogP contribution in [0, 0.1) is 17.0 Å². The summed E-state index contributed by atoms with van der Waals surface area (Å²) in [5, 5.41) is 11.1. The molecule has 1 fully saturated rings. The first-order valence-electron chi connectivity index (χ1n) is 10.2. The average Bonchev–Trinajstić information content (AvgIpc) is 3.17. The quantitative estimate of drug-likeness (QED) is 0.458. The van der Waals surface area contributed by atoms with Crippen LogP contribution in [-0.2, 0) is 11.3 Å². The molecule has 0 atom stereocenters. The fraction of sp³-hybridized carbons (Fsp3) is 0.227. The number of aromatic nitrogens is 5. The van der Waals surface area contributed by atoms with Crippen LogP contribution in [-0.4, -0.2) is 30.8 Å². The van der Waals surface area contributed by atoms with E-state index in [1.165, 1.54) is 29.3 Å². The lowest BCUT2D eigenvalue weighted by Crippen LogP contribution is -2.22. The zero-order valence-corrected chi connectivity index (χ0v) is 17.5. The zero-order chi connectivity index (χ0) is 23.2. The Hall–Kier alpha value is -4.15. The van der Waals surface area contributed by atoms with E-state index in [9.17, 15) is 13.6 Å². The third-order valence-electron chi connectivity index (χ3n) is 5.68. The summed E-state index contributed by atoms with van der Waals surface area (Å²) in [5.74, 6) is -1.74. The van der Waals surface area contributed by atoms with Gasteiger partial charge in [0.05, 0.1) is 18.4 Å². The Bertz CT molecular complexity index is 1350. The van der Waals surface area contributed by atoms with E-state index in [1.54, 1.807) is 12.1 Å². The van der Waals surface area contributed by atoms with E-state index in [2.05, 4.69) is 25.5 Å². The Morgan fingerprint density at radius 1 is 1.27 bits per heavy atom. The minimum Gasteiger partial charge on any atom is -0.382 e. The molecule has 5 rings (SSSR count). The number of carbonyl (C=O) groups excluding carboxylic acids is 1. The zero-order valence-electron chi connectivity index (χ0n) is 17.5. The standard InChI is InChI=1S/C22H19F2N7O2/c1-22(6-7-22)21(32)27-16-10-26-20(28-19(16)25)15-9-17(14-5-8-33-30-14)31(29-15)11-12-3-2-4-13(23)18(12)24/h2-5,8-10H,6-7,11H2,1H3,(H,27,32)(H2,25,26,28). The molecule has 168 valence electrons. The molecule has 0 saturated heterocycles. The Labute approximate surface area is 186 Å². The topological polar surface area (TPSA) is 125 Å². The third-order valence-corrected chi connectivity index (χ3v) is 5.68. The van der Waals surface area contributed by atoms with Gasteiger partial charge in [-0.05, 0) is 25.0 Å². The van der Waals surface area contributed by atoms with Gasteiger partial charge in [0.2, 0.25) is 5.91 Å². The largest absolute Gasteiger partial charge is 0.382 e. The number of carbonyl (C=O) groups is 1. The molecule has 1 amide bonds. The number of nitrogens with zero attached hydrogens (tertiary/aromatic N) is 5. The van der Waals surface area contributed by atoms with Crippen molar-refractivity contribution in [3.8, 4) is 22.9 Å². The van der Waals surface area contributed by atoms with Gasteiger partial charge in [0, 0.05) is 17.0 Å². The molecule has 3 heterocycles. The Kier molecular flexibility index (Phi) is 4.88. The van der Waals surface area contributed by atoms with Gasteiger partial charge in [-0.25, -0.2) is 18.7 Å². The molecular formula is C22H19F2N7O2. The molecule has 0 spiro atoms. The molecule has 1 aliphatic carbocycles. The lowest BCUT2D eigenvalue weighted by Gasteiger charge is -2.11. The molecule has 3 N–H and O–H groups in total. The van der Waals surface area contributed by atoms with Crippen LogP contribution >= 0.6 is 0 Å². The number of rotatable bonds is 6. The molecule has 0 radical (unpaired) electrons. The second kappa shape index (κ2) is 7.76. The van der Waals surface area contributed by atoms with Crippen molar-refractivity contribution in [1.82, 2.24) is 24.9 Å². The van der Waals surface area contributed by atoms with E-state index >= 15 is 0 Å². The Morgan fingerprint density at radius 3 is 2.79 bits per heavy atom. The van der Waals surface area contributed by atoms with Gasteiger partial charge >= 0.3 is 0 Å². The first kappa shape index (κ1) is 20.7. The molecular weight excluding hydrogens is 432 g/mol. The summed E-state index contributed by atoms with van der Waals surface area (Å²) in [5.41, 5.74) is 7.38. The molecule has 33 heavy (non-hydrogen) atoms. The van der Waals surface area contributed by atoms with E-state index in [0.29, 0.717) is 22.8 Å². The predicted molar refractivity (Wildman–Crippen MR) is 115 cm³/mol. The second-order valence-electron chi connectivity index (χ2n) is 8.18. The number of hydrogen-bond acceptors (Lipinski definition) is 7. The molecule has 1 aromatic carbocycles. The van der Waals surface area contributed by atoms with Crippen LogP contribution in [0.2, 0.25) is 0 Å². The molecule has 4 aromatic rings. The van der Waals surface area contributed by atoms with E-state index in [0.717, 1.165) is 18.9 Å². The maximum Gasteiger partial charge on any atom is 0.230 e. The number of amides is 1. The van der Waals surface area contributed by atoms with E-state index in [1.807, 2.05) is 6.92 Å². The van der Waals surface area contributed by atoms with Crippen molar-refractivity contribution in [2.75, 3.05) is 11.1 Å². The minimum absolute atomic E-state index is 0.0615.